The molecular formula is C14H25NS. The van der Waals surface area contributed by atoms with Gasteiger partial charge in [-0.1, -0.05) is 33.3 Å². The lowest BCUT2D eigenvalue weighted by atomic mass is 9.99. The molecule has 1 aromatic rings. The first-order valence-electron chi connectivity index (χ1n) is 6.39. The summed E-state index contributed by atoms with van der Waals surface area (Å²) in [4.78, 5) is 1.51. The van der Waals surface area contributed by atoms with Crippen molar-refractivity contribution in [2.24, 2.45) is 11.8 Å². The maximum Gasteiger partial charge on any atom is 0.00643 e. The van der Waals surface area contributed by atoms with Crippen LogP contribution in [-0.2, 0) is 6.42 Å². The molecule has 0 aromatic carbocycles. The van der Waals surface area contributed by atoms with Crippen LogP contribution in [0.5, 0.6) is 0 Å². The predicted octanol–water partition coefficient (Wildman–Crippen LogP) is 3.95. The molecule has 0 fully saturated rings. The maximum absolute atomic E-state index is 3.65. The second-order valence-corrected chi connectivity index (χ2v) is 6.00. The zero-order chi connectivity index (χ0) is 12.0. The molecule has 0 aliphatic heterocycles. The summed E-state index contributed by atoms with van der Waals surface area (Å²) >= 11 is 1.87. The molecule has 0 spiro atoms. The van der Waals surface area contributed by atoms with E-state index in [2.05, 4.69) is 50.5 Å². The van der Waals surface area contributed by atoms with Crippen molar-refractivity contribution in [3.05, 3.63) is 22.4 Å². The molecule has 0 saturated heterocycles. The average molecular weight is 239 g/mol. The van der Waals surface area contributed by atoms with E-state index in [1.807, 2.05) is 11.3 Å². The molecule has 0 aliphatic carbocycles. The van der Waals surface area contributed by atoms with Crippen molar-refractivity contribution in [1.82, 2.24) is 5.32 Å². The van der Waals surface area contributed by atoms with Crippen LogP contribution in [0.4, 0.5) is 0 Å². The first-order chi connectivity index (χ1) is 7.63. The number of hydrogen-bond donors (Lipinski definition) is 1. The van der Waals surface area contributed by atoms with Gasteiger partial charge in [-0.3, -0.25) is 0 Å². The van der Waals surface area contributed by atoms with E-state index < -0.39 is 0 Å². The van der Waals surface area contributed by atoms with E-state index >= 15 is 0 Å². The zero-order valence-electron chi connectivity index (χ0n) is 11.0. The second kappa shape index (κ2) is 7.08. The smallest absolute Gasteiger partial charge is 0.00643 e. The number of rotatable bonds is 7. The van der Waals surface area contributed by atoms with E-state index in [9.17, 15) is 0 Å². The van der Waals surface area contributed by atoms with Crippen LogP contribution in [0.3, 0.4) is 0 Å². The Hall–Kier alpha value is -0.340. The third-order valence-electron chi connectivity index (χ3n) is 3.42. The van der Waals surface area contributed by atoms with E-state index in [-0.39, 0.29) is 0 Å². The van der Waals surface area contributed by atoms with Crippen LogP contribution in [0.25, 0.3) is 0 Å². The Bertz CT molecular complexity index is 268. The largest absolute Gasteiger partial charge is 0.314 e. The fourth-order valence-electron chi connectivity index (χ4n) is 1.79. The van der Waals surface area contributed by atoms with E-state index in [4.69, 9.17) is 0 Å². The lowest BCUT2D eigenvalue weighted by Gasteiger charge is -2.22. The van der Waals surface area contributed by atoms with E-state index in [1.165, 1.54) is 17.7 Å². The highest BCUT2D eigenvalue weighted by Gasteiger charge is 2.11. The van der Waals surface area contributed by atoms with Gasteiger partial charge >= 0.3 is 0 Å². The van der Waals surface area contributed by atoms with Crippen LogP contribution in [0.2, 0.25) is 0 Å². The average Bonchev–Trinajstić information content (AvgIpc) is 2.77. The molecule has 0 bridgehead atoms. The normalized spacial score (nSPS) is 17.0. The minimum Gasteiger partial charge on any atom is -0.314 e. The van der Waals surface area contributed by atoms with Crippen LogP contribution >= 0.6 is 11.3 Å². The molecule has 0 aliphatic rings. The fraction of sp³-hybridized carbons (Fsp3) is 0.714. The monoisotopic (exact) mass is 239 g/mol. The molecule has 1 nitrogen and oxygen atoms in total. The topological polar surface area (TPSA) is 12.0 Å². The molecule has 0 amide bonds. The molecule has 0 radical (unpaired) electrons. The summed E-state index contributed by atoms with van der Waals surface area (Å²) < 4.78 is 0. The molecule has 0 saturated carbocycles. The Balaban J connectivity index is 2.22. The van der Waals surface area contributed by atoms with Crippen LogP contribution in [0.15, 0.2) is 17.5 Å². The molecule has 1 heterocycles. The number of thiophene rings is 1. The highest BCUT2D eigenvalue weighted by molar-refractivity contribution is 7.09. The summed E-state index contributed by atoms with van der Waals surface area (Å²) in [5.41, 5.74) is 0. The molecule has 16 heavy (non-hydrogen) atoms. The van der Waals surface area contributed by atoms with Crippen molar-refractivity contribution in [2.75, 3.05) is 6.54 Å². The van der Waals surface area contributed by atoms with Gasteiger partial charge in [0.05, 0.1) is 0 Å². The van der Waals surface area contributed by atoms with Crippen molar-refractivity contribution >= 4 is 11.3 Å². The summed E-state index contributed by atoms with van der Waals surface area (Å²) in [5, 5.41) is 5.81. The summed E-state index contributed by atoms with van der Waals surface area (Å²) in [6, 6.07) is 5.01. The summed E-state index contributed by atoms with van der Waals surface area (Å²) in [6.45, 7) is 10.3. The number of nitrogens with one attached hydrogen (secondary N) is 1. The van der Waals surface area contributed by atoms with Crippen molar-refractivity contribution < 1.29 is 0 Å². The molecule has 2 heteroatoms. The van der Waals surface area contributed by atoms with E-state index in [0.29, 0.717) is 6.04 Å². The first kappa shape index (κ1) is 13.7. The standard InChI is InChI=1S/C14H25NS/c1-5-12(3)13(4)15-10-11(2)9-14-7-6-8-16-14/h6-8,11-13,15H,5,9-10H2,1-4H3. The van der Waals surface area contributed by atoms with Gasteiger partial charge in [-0.15, -0.1) is 11.3 Å². The third kappa shape index (κ3) is 4.67. The minimum absolute atomic E-state index is 0.635. The molecule has 1 rings (SSSR count). The van der Waals surface area contributed by atoms with Crippen molar-refractivity contribution in [3.63, 3.8) is 0 Å². The van der Waals surface area contributed by atoms with Gasteiger partial charge in [-0.05, 0) is 43.2 Å². The predicted molar refractivity (Wildman–Crippen MR) is 74.1 cm³/mol. The van der Waals surface area contributed by atoms with E-state index in [1.54, 1.807) is 0 Å². The maximum atomic E-state index is 3.65. The van der Waals surface area contributed by atoms with Gasteiger partial charge in [0.25, 0.3) is 0 Å². The van der Waals surface area contributed by atoms with E-state index in [0.717, 1.165) is 18.4 Å². The summed E-state index contributed by atoms with van der Waals surface area (Å²) in [6.07, 6.45) is 2.46. The van der Waals surface area contributed by atoms with Gasteiger partial charge < -0.3 is 5.32 Å². The Morgan fingerprint density at radius 1 is 1.31 bits per heavy atom. The minimum atomic E-state index is 0.635. The quantitative estimate of drug-likeness (QED) is 0.759. The molecular weight excluding hydrogens is 214 g/mol. The third-order valence-corrected chi connectivity index (χ3v) is 4.31. The second-order valence-electron chi connectivity index (χ2n) is 4.97. The summed E-state index contributed by atoms with van der Waals surface area (Å²) in [7, 11) is 0. The Kier molecular flexibility index (Phi) is 6.07. The van der Waals surface area contributed by atoms with Crippen LogP contribution in [0.1, 0.15) is 39.0 Å². The molecule has 1 N–H and O–H groups in total. The Morgan fingerprint density at radius 2 is 2.06 bits per heavy atom. The molecule has 3 unspecified atom stereocenters. The van der Waals surface area contributed by atoms with Crippen molar-refractivity contribution in [1.29, 1.82) is 0 Å². The summed E-state index contributed by atoms with van der Waals surface area (Å²) in [5.74, 6) is 1.50. The zero-order valence-corrected chi connectivity index (χ0v) is 11.8. The van der Waals surface area contributed by atoms with Crippen molar-refractivity contribution in [2.45, 2.75) is 46.6 Å². The highest BCUT2D eigenvalue weighted by Crippen LogP contribution is 2.14. The molecule has 3 atom stereocenters. The number of hydrogen-bond acceptors (Lipinski definition) is 2. The van der Waals surface area contributed by atoms with Crippen molar-refractivity contribution in [3.8, 4) is 0 Å². The fourth-order valence-corrected chi connectivity index (χ4v) is 2.66. The van der Waals surface area contributed by atoms with Crippen LogP contribution in [-0.4, -0.2) is 12.6 Å². The lowest BCUT2D eigenvalue weighted by Crippen LogP contribution is -2.35. The Labute approximate surface area is 104 Å². The Morgan fingerprint density at radius 3 is 2.62 bits per heavy atom. The van der Waals surface area contributed by atoms with Gasteiger partial charge in [0.2, 0.25) is 0 Å². The van der Waals surface area contributed by atoms with Gasteiger partial charge in [0.1, 0.15) is 0 Å². The van der Waals surface area contributed by atoms with Gasteiger partial charge in [-0.2, -0.15) is 0 Å². The highest BCUT2D eigenvalue weighted by atomic mass is 32.1. The first-order valence-corrected chi connectivity index (χ1v) is 7.27. The van der Waals surface area contributed by atoms with Crippen LogP contribution in [0, 0.1) is 11.8 Å². The van der Waals surface area contributed by atoms with Gasteiger partial charge in [-0.25, -0.2) is 0 Å². The molecule has 1 aromatic heterocycles. The van der Waals surface area contributed by atoms with Gasteiger partial charge in [0, 0.05) is 10.9 Å². The lowest BCUT2D eigenvalue weighted by molar-refractivity contribution is 0.365. The SMILES string of the molecule is CCC(C)C(C)NCC(C)Cc1cccs1. The van der Waals surface area contributed by atoms with Crippen LogP contribution < -0.4 is 5.32 Å². The van der Waals surface area contributed by atoms with Gasteiger partial charge in [0.15, 0.2) is 0 Å². The molecule has 92 valence electrons.